The highest BCUT2D eigenvalue weighted by Gasteiger charge is 2.32. The van der Waals surface area contributed by atoms with Gasteiger partial charge in [-0.1, -0.05) is 103 Å². The molecule has 0 atom stereocenters. The second kappa shape index (κ2) is 10.7. The maximum absolute atomic E-state index is 14.5. The predicted octanol–water partition coefficient (Wildman–Crippen LogP) is 12.2. The van der Waals surface area contributed by atoms with Gasteiger partial charge in [-0.2, -0.15) is 13.2 Å². The second-order valence-corrected chi connectivity index (χ2v) is 12.1. The molecule has 0 amide bonds. The zero-order chi connectivity index (χ0) is 32.4. The third-order valence-electron chi connectivity index (χ3n) is 9.30. The van der Waals surface area contributed by atoms with Gasteiger partial charge in [0.25, 0.3) is 0 Å². The molecule has 0 fully saturated rings. The van der Waals surface area contributed by atoms with Crippen LogP contribution in [0.4, 0.5) is 13.2 Å². The molecule has 2 nitrogen and oxygen atoms in total. The molecule has 230 valence electrons. The van der Waals surface area contributed by atoms with Crippen LogP contribution in [0.25, 0.3) is 77.2 Å². The van der Waals surface area contributed by atoms with Gasteiger partial charge in [0.1, 0.15) is 0 Å². The van der Waals surface area contributed by atoms with Crippen molar-refractivity contribution >= 4 is 43.6 Å². The average molecular weight is 629 g/mol. The third kappa shape index (κ3) is 4.50. The van der Waals surface area contributed by atoms with E-state index in [1.165, 1.54) is 12.1 Å². The van der Waals surface area contributed by atoms with Crippen molar-refractivity contribution in [1.82, 2.24) is 9.13 Å². The second-order valence-electron chi connectivity index (χ2n) is 12.1. The van der Waals surface area contributed by atoms with Gasteiger partial charge >= 0.3 is 6.18 Å². The first-order valence-electron chi connectivity index (χ1n) is 15.8. The summed E-state index contributed by atoms with van der Waals surface area (Å²) in [5.41, 5.74) is 7.90. The highest BCUT2D eigenvalue weighted by Crippen LogP contribution is 2.40. The summed E-state index contributed by atoms with van der Waals surface area (Å²) in [6.45, 7) is 0. The Kier molecular flexibility index (Phi) is 6.31. The van der Waals surface area contributed by atoms with Crippen LogP contribution in [0.1, 0.15) is 5.56 Å². The zero-order valence-electron chi connectivity index (χ0n) is 25.6. The van der Waals surface area contributed by atoms with Gasteiger partial charge in [0, 0.05) is 32.9 Å². The highest BCUT2D eigenvalue weighted by atomic mass is 19.4. The molecule has 48 heavy (non-hydrogen) atoms. The summed E-state index contributed by atoms with van der Waals surface area (Å²) in [5.74, 6) is 0. The Morgan fingerprint density at radius 2 is 0.833 bits per heavy atom. The molecule has 0 bridgehead atoms. The van der Waals surface area contributed by atoms with Crippen LogP contribution >= 0.6 is 0 Å². The van der Waals surface area contributed by atoms with E-state index >= 15 is 0 Å². The normalized spacial score (nSPS) is 12.1. The fourth-order valence-electron chi connectivity index (χ4n) is 7.16. The van der Waals surface area contributed by atoms with Gasteiger partial charge in [0.05, 0.1) is 27.6 Å². The van der Waals surface area contributed by atoms with Crippen molar-refractivity contribution in [2.45, 2.75) is 6.18 Å². The van der Waals surface area contributed by atoms with Gasteiger partial charge in [0.2, 0.25) is 0 Å². The average Bonchev–Trinajstić information content (AvgIpc) is 3.64. The minimum atomic E-state index is -4.52. The summed E-state index contributed by atoms with van der Waals surface area (Å²) in [7, 11) is 0. The molecule has 2 aromatic heterocycles. The number of hydrogen-bond donors (Lipinski definition) is 0. The Morgan fingerprint density at radius 1 is 0.333 bits per heavy atom. The number of para-hydroxylation sites is 3. The first-order chi connectivity index (χ1) is 23.4. The largest absolute Gasteiger partial charge is 0.416 e. The summed E-state index contributed by atoms with van der Waals surface area (Å²) < 4.78 is 47.7. The highest BCUT2D eigenvalue weighted by molar-refractivity contribution is 6.11. The Bertz CT molecular complexity index is 2610. The fourth-order valence-corrected chi connectivity index (χ4v) is 7.16. The van der Waals surface area contributed by atoms with Crippen LogP contribution in [0.2, 0.25) is 0 Å². The summed E-state index contributed by atoms with van der Waals surface area (Å²) in [5, 5.41) is 4.22. The molecule has 9 rings (SSSR count). The van der Waals surface area contributed by atoms with E-state index in [0.717, 1.165) is 60.4 Å². The summed E-state index contributed by atoms with van der Waals surface area (Å²) in [4.78, 5) is 0. The molecule has 0 N–H and O–H groups in total. The van der Waals surface area contributed by atoms with Crippen LogP contribution in [0.5, 0.6) is 0 Å². The van der Waals surface area contributed by atoms with Crippen molar-refractivity contribution in [3.63, 3.8) is 0 Å². The Hall–Kier alpha value is -6.07. The van der Waals surface area contributed by atoms with Gasteiger partial charge in [-0.3, -0.25) is 0 Å². The number of fused-ring (bicyclic) bond motifs is 6. The van der Waals surface area contributed by atoms with Crippen molar-refractivity contribution in [3.8, 4) is 33.6 Å². The Morgan fingerprint density at radius 3 is 1.48 bits per heavy atom. The van der Waals surface area contributed by atoms with Crippen molar-refractivity contribution in [2.75, 3.05) is 0 Å². The number of nitrogens with zero attached hydrogens (tertiary/aromatic N) is 2. The van der Waals surface area contributed by atoms with Crippen LogP contribution < -0.4 is 0 Å². The smallest absolute Gasteiger partial charge is 0.309 e. The van der Waals surface area contributed by atoms with Crippen LogP contribution in [0.3, 0.4) is 0 Å². The van der Waals surface area contributed by atoms with Crippen LogP contribution in [0, 0.1) is 0 Å². The number of halogens is 3. The van der Waals surface area contributed by atoms with Gasteiger partial charge in [-0.25, -0.2) is 0 Å². The number of aromatic nitrogens is 2. The van der Waals surface area contributed by atoms with Gasteiger partial charge in [-0.15, -0.1) is 0 Å². The van der Waals surface area contributed by atoms with Crippen molar-refractivity contribution < 1.29 is 13.2 Å². The molecule has 2 heterocycles. The molecule has 0 aliphatic carbocycles. The minimum absolute atomic E-state index is 0.466. The molecule has 0 aliphatic rings. The third-order valence-corrected chi connectivity index (χ3v) is 9.30. The zero-order valence-corrected chi connectivity index (χ0v) is 25.6. The lowest BCUT2D eigenvalue weighted by atomic mass is 10.0. The molecule has 9 aromatic rings. The molecule has 0 unspecified atom stereocenters. The lowest BCUT2D eigenvalue weighted by Crippen LogP contribution is -2.07. The van der Waals surface area contributed by atoms with Crippen LogP contribution in [-0.4, -0.2) is 9.13 Å². The van der Waals surface area contributed by atoms with Crippen molar-refractivity contribution in [1.29, 1.82) is 0 Å². The van der Waals surface area contributed by atoms with Gasteiger partial charge < -0.3 is 9.13 Å². The molecule has 0 radical (unpaired) electrons. The van der Waals surface area contributed by atoms with E-state index < -0.39 is 11.7 Å². The summed E-state index contributed by atoms with van der Waals surface area (Å²) >= 11 is 0. The quantitative estimate of drug-likeness (QED) is 0.184. The number of hydrogen-bond acceptors (Lipinski definition) is 0. The van der Waals surface area contributed by atoms with Gasteiger partial charge in [-0.05, 0) is 82.9 Å². The van der Waals surface area contributed by atoms with E-state index in [2.05, 4.69) is 47.0 Å². The molecule has 0 spiro atoms. The molecular formula is C43H27F3N2. The fraction of sp³-hybridized carbons (Fsp3) is 0.0233. The van der Waals surface area contributed by atoms with Crippen LogP contribution in [-0.2, 0) is 6.18 Å². The lowest BCUT2D eigenvalue weighted by Gasteiger charge is -2.16. The number of benzene rings is 7. The molecule has 0 saturated heterocycles. The SMILES string of the molecule is FC(F)(F)c1cc(-c2cccc(-n3c4ccccc4c4cc(-c5ccccc5)ccc43)c2)cc(-n2c3ccccc3c3ccccc32)c1. The molecule has 5 heteroatoms. The molecule has 0 aliphatic heterocycles. The van der Waals surface area contributed by atoms with Crippen molar-refractivity contribution in [3.05, 3.63) is 169 Å². The number of alkyl halides is 3. The van der Waals surface area contributed by atoms with E-state index in [1.54, 1.807) is 0 Å². The number of rotatable bonds is 4. The Balaban J connectivity index is 1.25. The standard InChI is InChI=1S/C43H27F3N2/c44-43(45,46)32-23-31(25-34(27-32)48-39-18-7-4-15-35(39)36-16-5-8-19-40(36)48)29-13-10-14-33(24-29)47-41-20-9-6-17-37(41)38-26-30(21-22-42(38)47)28-11-2-1-3-12-28/h1-27H. The van der Waals surface area contributed by atoms with E-state index in [9.17, 15) is 13.2 Å². The van der Waals surface area contributed by atoms with E-state index in [1.807, 2.05) is 114 Å². The first-order valence-corrected chi connectivity index (χ1v) is 15.8. The summed E-state index contributed by atoms with van der Waals surface area (Å²) in [6, 6.07) is 52.9. The maximum atomic E-state index is 14.5. The lowest BCUT2D eigenvalue weighted by molar-refractivity contribution is -0.137. The van der Waals surface area contributed by atoms with Crippen LogP contribution in [0.15, 0.2) is 164 Å². The van der Waals surface area contributed by atoms with Crippen molar-refractivity contribution in [2.24, 2.45) is 0 Å². The molecule has 7 aromatic carbocycles. The topological polar surface area (TPSA) is 9.86 Å². The van der Waals surface area contributed by atoms with E-state index in [-0.39, 0.29) is 0 Å². The monoisotopic (exact) mass is 628 g/mol. The predicted molar refractivity (Wildman–Crippen MR) is 191 cm³/mol. The maximum Gasteiger partial charge on any atom is 0.416 e. The first kappa shape index (κ1) is 28.2. The van der Waals surface area contributed by atoms with E-state index in [0.29, 0.717) is 16.8 Å². The molecular weight excluding hydrogens is 601 g/mol. The molecule has 0 saturated carbocycles. The minimum Gasteiger partial charge on any atom is -0.309 e. The summed E-state index contributed by atoms with van der Waals surface area (Å²) in [6.07, 6.45) is -4.52. The van der Waals surface area contributed by atoms with E-state index in [4.69, 9.17) is 0 Å². The van der Waals surface area contributed by atoms with Gasteiger partial charge in [0.15, 0.2) is 0 Å². The Labute approximate surface area is 274 Å².